The number of hydrogen-bond acceptors (Lipinski definition) is 3. The largest absolute Gasteiger partial charge is 0.484 e. The standard InChI is InChI=1S/C29H31BrCl2N2O3/c1-19-14-23(12-13-24(19)30)37-18-27(35)34(17-21-10-11-22(31)16-25(21)32)26(28(36)33-29(2,3)4)15-20-8-6-5-7-9-20/h5-14,16,26H,15,17-18H2,1-4H3,(H,33,36)/t26-/m1/s1. The maximum Gasteiger partial charge on any atom is 0.261 e. The van der Waals surface area contributed by atoms with Crippen LogP contribution in [0.15, 0.2) is 71.2 Å². The van der Waals surface area contributed by atoms with Gasteiger partial charge in [0, 0.05) is 33.0 Å². The summed E-state index contributed by atoms with van der Waals surface area (Å²) in [5.41, 5.74) is 2.12. The number of nitrogens with one attached hydrogen (secondary N) is 1. The fourth-order valence-electron chi connectivity index (χ4n) is 3.78. The minimum absolute atomic E-state index is 0.118. The molecule has 0 saturated heterocycles. The van der Waals surface area contributed by atoms with Crippen molar-refractivity contribution in [2.75, 3.05) is 6.61 Å². The van der Waals surface area contributed by atoms with Gasteiger partial charge in [0.2, 0.25) is 5.91 Å². The fourth-order valence-corrected chi connectivity index (χ4v) is 4.49. The summed E-state index contributed by atoms with van der Waals surface area (Å²) < 4.78 is 6.81. The number of ether oxygens (including phenoxy) is 1. The third-order valence-corrected chi connectivity index (χ3v) is 7.09. The number of halogens is 3. The molecule has 3 aromatic carbocycles. The van der Waals surface area contributed by atoms with Gasteiger partial charge >= 0.3 is 0 Å². The van der Waals surface area contributed by atoms with E-state index in [1.807, 2.05) is 70.2 Å². The number of nitrogens with zero attached hydrogens (tertiary/aromatic N) is 1. The number of amides is 2. The number of rotatable bonds is 9. The smallest absolute Gasteiger partial charge is 0.261 e. The quantitative estimate of drug-likeness (QED) is 0.286. The molecule has 5 nitrogen and oxygen atoms in total. The molecule has 0 heterocycles. The van der Waals surface area contributed by atoms with Gasteiger partial charge in [-0.3, -0.25) is 9.59 Å². The summed E-state index contributed by atoms with van der Waals surface area (Å²) in [6.45, 7) is 7.55. The lowest BCUT2D eigenvalue weighted by Gasteiger charge is -2.34. The van der Waals surface area contributed by atoms with Gasteiger partial charge in [-0.2, -0.15) is 0 Å². The van der Waals surface area contributed by atoms with Gasteiger partial charge in [0.15, 0.2) is 6.61 Å². The first-order valence-corrected chi connectivity index (χ1v) is 13.5. The Morgan fingerprint density at radius 1 is 1.03 bits per heavy atom. The Balaban J connectivity index is 1.96. The highest BCUT2D eigenvalue weighted by molar-refractivity contribution is 9.10. The fraction of sp³-hybridized carbons (Fsp3) is 0.310. The van der Waals surface area contributed by atoms with Crippen LogP contribution in [-0.4, -0.2) is 34.9 Å². The van der Waals surface area contributed by atoms with Gasteiger partial charge in [0.25, 0.3) is 5.91 Å². The Labute approximate surface area is 237 Å². The van der Waals surface area contributed by atoms with Gasteiger partial charge in [-0.25, -0.2) is 0 Å². The molecule has 2 amide bonds. The summed E-state index contributed by atoms with van der Waals surface area (Å²) in [7, 11) is 0. The molecule has 0 unspecified atom stereocenters. The summed E-state index contributed by atoms with van der Waals surface area (Å²) in [5.74, 6) is -0.0249. The number of carbonyl (C=O) groups is 2. The monoisotopic (exact) mass is 604 g/mol. The highest BCUT2D eigenvalue weighted by Crippen LogP contribution is 2.25. The first-order chi connectivity index (χ1) is 17.4. The van der Waals surface area contributed by atoms with E-state index in [0.29, 0.717) is 27.8 Å². The van der Waals surface area contributed by atoms with Gasteiger partial charge in [0.05, 0.1) is 0 Å². The van der Waals surface area contributed by atoms with Crippen molar-refractivity contribution in [2.45, 2.75) is 52.2 Å². The van der Waals surface area contributed by atoms with Crippen molar-refractivity contribution in [3.8, 4) is 5.75 Å². The van der Waals surface area contributed by atoms with Gasteiger partial charge in [-0.05, 0) is 74.7 Å². The second kappa shape index (κ2) is 12.8. The van der Waals surface area contributed by atoms with Gasteiger partial charge in [0.1, 0.15) is 11.8 Å². The van der Waals surface area contributed by atoms with E-state index >= 15 is 0 Å². The molecule has 37 heavy (non-hydrogen) atoms. The molecule has 0 aliphatic heterocycles. The maximum absolute atomic E-state index is 13.7. The van der Waals surface area contributed by atoms with Crippen LogP contribution in [0, 0.1) is 6.92 Å². The molecule has 0 aliphatic rings. The van der Waals surface area contributed by atoms with Gasteiger partial charge in [-0.1, -0.05) is 75.5 Å². The van der Waals surface area contributed by atoms with Crippen LogP contribution in [0.4, 0.5) is 0 Å². The molecule has 3 aromatic rings. The average Bonchev–Trinajstić information content (AvgIpc) is 2.82. The summed E-state index contributed by atoms with van der Waals surface area (Å²) in [6.07, 6.45) is 0.330. The van der Waals surface area contributed by atoms with Crippen molar-refractivity contribution in [1.29, 1.82) is 0 Å². The number of carbonyl (C=O) groups excluding carboxylic acids is 2. The lowest BCUT2D eigenvalue weighted by Crippen LogP contribution is -2.55. The van der Waals surface area contributed by atoms with Gasteiger partial charge < -0.3 is 15.0 Å². The highest BCUT2D eigenvalue weighted by Gasteiger charge is 2.32. The van der Waals surface area contributed by atoms with Gasteiger partial charge in [-0.15, -0.1) is 0 Å². The third kappa shape index (κ3) is 8.77. The van der Waals surface area contributed by atoms with Crippen molar-refractivity contribution in [2.24, 2.45) is 0 Å². The zero-order valence-corrected chi connectivity index (χ0v) is 24.5. The van der Waals surface area contributed by atoms with E-state index in [-0.39, 0.29) is 25.0 Å². The molecular formula is C29H31BrCl2N2O3. The average molecular weight is 606 g/mol. The first-order valence-electron chi connectivity index (χ1n) is 11.9. The van der Waals surface area contributed by atoms with Crippen LogP contribution in [0.5, 0.6) is 5.75 Å². The van der Waals surface area contributed by atoms with Crippen LogP contribution in [0.3, 0.4) is 0 Å². The molecule has 1 N–H and O–H groups in total. The predicted molar refractivity (Wildman–Crippen MR) is 153 cm³/mol. The molecule has 0 radical (unpaired) electrons. The Morgan fingerprint density at radius 2 is 1.73 bits per heavy atom. The van der Waals surface area contributed by atoms with Crippen LogP contribution in [0.2, 0.25) is 10.0 Å². The molecule has 0 fully saturated rings. The number of aryl methyl sites for hydroxylation is 1. The molecular weight excluding hydrogens is 575 g/mol. The zero-order chi connectivity index (χ0) is 27.2. The summed E-state index contributed by atoms with van der Waals surface area (Å²) in [4.78, 5) is 28.8. The molecule has 196 valence electrons. The SMILES string of the molecule is Cc1cc(OCC(=O)N(Cc2ccc(Cl)cc2Cl)[C@H](Cc2ccccc2)C(=O)NC(C)(C)C)ccc1Br. The van der Waals surface area contributed by atoms with Crippen molar-refractivity contribution in [3.05, 3.63) is 97.9 Å². The molecule has 0 aliphatic carbocycles. The summed E-state index contributed by atoms with van der Waals surface area (Å²) in [5, 5.41) is 3.95. The summed E-state index contributed by atoms with van der Waals surface area (Å²) >= 11 is 16.0. The van der Waals surface area contributed by atoms with Crippen LogP contribution >= 0.6 is 39.1 Å². The lowest BCUT2D eigenvalue weighted by molar-refractivity contribution is -0.143. The molecule has 1 atom stereocenters. The normalized spacial score (nSPS) is 12.1. The van der Waals surface area contributed by atoms with Crippen molar-refractivity contribution >= 4 is 50.9 Å². The molecule has 0 aromatic heterocycles. The number of hydrogen-bond donors (Lipinski definition) is 1. The Kier molecular flexibility index (Phi) is 10.0. The molecule has 8 heteroatoms. The minimum atomic E-state index is -0.795. The Hall–Kier alpha value is -2.54. The third-order valence-electron chi connectivity index (χ3n) is 5.62. The van der Waals surface area contributed by atoms with Crippen LogP contribution in [-0.2, 0) is 22.6 Å². The first kappa shape index (κ1) is 29.0. The predicted octanol–water partition coefficient (Wildman–Crippen LogP) is 7.00. The molecule has 0 bridgehead atoms. The van der Waals surface area contributed by atoms with Crippen LogP contribution in [0.25, 0.3) is 0 Å². The van der Waals surface area contributed by atoms with E-state index in [1.165, 1.54) is 4.90 Å². The second-order valence-corrected chi connectivity index (χ2v) is 11.6. The van der Waals surface area contributed by atoms with Crippen molar-refractivity contribution in [3.63, 3.8) is 0 Å². The lowest BCUT2D eigenvalue weighted by atomic mass is 10.0. The second-order valence-electron chi connectivity index (χ2n) is 9.90. The highest BCUT2D eigenvalue weighted by atomic mass is 79.9. The van der Waals surface area contributed by atoms with Crippen molar-refractivity contribution < 1.29 is 14.3 Å². The summed E-state index contributed by atoms with van der Waals surface area (Å²) in [6, 6.07) is 19.5. The molecule has 3 rings (SSSR count). The van der Waals surface area contributed by atoms with E-state index in [4.69, 9.17) is 27.9 Å². The molecule has 0 saturated carbocycles. The number of benzene rings is 3. The minimum Gasteiger partial charge on any atom is -0.484 e. The zero-order valence-electron chi connectivity index (χ0n) is 21.4. The van der Waals surface area contributed by atoms with E-state index in [1.54, 1.807) is 24.3 Å². The Bertz CT molecular complexity index is 1250. The topological polar surface area (TPSA) is 58.6 Å². The van der Waals surface area contributed by atoms with Crippen LogP contribution in [0.1, 0.15) is 37.5 Å². The van der Waals surface area contributed by atoms with E-state index in [9.17, 15) is 9.59 Å². The van der Waals surface area contributed by atoms with E-state index in [0.717, 1.165) is 15.6 Å². The van der Waals surface area contributed by atoms with E-state index < -0.39 is 11.6 Å². The van der Waals surface area contributed by atoms with Crippen molar-refractivity contribution in [1.82, 2.24) is 10.2 Å². The van der Waals surface area contributed by atoms with E-state index in [2.05, 4.69) is 21.2 Å². The Morgan fingerprint density at radius 3 is 2.35 bits per heavy atom. The maximum atomic E-state index is 13.7. The van der Waals surface area contributed by atoms with Crippen LogP contribution < -0.4 is 10.1 Å². The molecule has 0 spiro atoms.